The van der Waals surface area contributed by atoms with Gasteiger partial charge in [0.15, 0.2) is 9.84 Å². The van der Waals surface area contributed by atoms with Gasteiger partial charge in [-0.1, -0.05) is 48.5 Å². The summed E-state index contributed by atoms with van der Waals surface area (Å²) in [6, 6.07) is 17.3. The molecule has 2 heterocycles. The van der Waals surface area contributed by atoms with Crippen molar-refractivity contribution in [3.05, 3.63) is 70.8 Å². The van der Waals surface area contributed by atoms with Gasteiger partial charge in [0.25, 0.3) is 0 Å². The minimum atomic E-state index is -3.09. The minimum absolute atomic E-state index is 0.00995. The van der Waals surface area contributed by atoms with Crippen molar-refractivity contribution in [2.75, 3.05) is 18.8 Å². The molecule has 134 valence electrons. The number of rotatable bonds is 1. The van der Waals surface area contributed by atoms with E-state index < -0.39 is 14.6 Å². The van der Waals surface area contributed by atoms with Gasteiger partial charge in [-0.05, 0) is 54.6 Å². The first-order valence-electron chi connectivity index (χ1n) is 9.77. The number of benzene rings is 2. The molecule has 1 spiro atoms. The summed E-state index contributed by atoms with van der Waals surface area (Å²) in [5.74, 6) is 0.553. The molecule has 0 aromatic heterocycles. The molecule has 4 heteroatoms. The van der Waals surface area contributed by atoms with Crippen molar-refractivity contribution < 1.29 is 8.42 Å². The molecule has 0 radical (unpaired) electrons. The third-order valence-electron chi connectivity index (χ3n) is 7.48. The Morgan fingerprint density at radius 2 is 1.38 bits per heavy atom. The van der Waals surface area contributed by atoms with Crippen molar-refractivity contribution in [3.63, 3.8) is 0 Å². The molecule has 3 aliphatic carbocycles. The summed E-state index contributed by atoms with van der Waals surface area (Å²) in [5, 5.41) is 0. The standard InChI is InChI=1S/C22H23NO2S/c24-26(25)14-20(23-11-5-6-12-23)22(26)13-19-15-7-1-3-9-17(15)21(22)18-10-4-2-8-16(18)19/h1-4,7-10,19-21H,5-6,11-14H2/t19?,20-,21?,22-/m1/s1. The van der Waals surface area contributed by atoms with Gasteiger partial charge in [0, 0.05) is 17.9 Å². The maximum atomic E-state index is 13.3. The number of hydrogen-bond donors (Lipinski definition) is 0. The first-order valence-corrected chi connectivity index (χ1v) is 11.4. The van der Waals surface area contributed by atoms with Crippen LogP contribution < -0.4 is 0 Å². The summed E-state index contributed by atoms with van der Waals surface area (Å²) >= 11 is 0. The minimum Gasteiger partial charge on any atom is -0.298 e. The van der Waals surface area contributed by atoms with Crippen molar-refractivity contribution >= 4 is 9.84 Å². The van der Waals surface area contributed by atoms with Crippen LogP contribution in [0.5, 0.6) is 0 Å². The fourth-order valence-electron chi connectivity index (χ4n) is 6.42. The van der Waals surface area contributed by atoms with E-state index in [0.717, 1.165) is 19.5 Å². The van der Waals surface area contributed by atoms with E-state index in [1.54, 1.807) is 0 Å². The van der Waals surface area contributed by atoms with E-state index in [1.165, 1.54) is 35.1 Å². The van der Waals surface area contributed by atoms with E-state index in [0.29, 0.717) is 5.75 Å². The summed E-state index contributed by atoms with van der Waals surface area (Å²) in [7, 11) is -3.09. The lowest BCUT2D eigenvalue weighted by Gasteiger charge is -2.62. The monoisotopic (exact) mass is 365 g/mol. The van der Waals surface area contributed by atoms with Gasteiger partial charge in [-0.2, -0.15) is 0 Å². The average Bonchev–Trinajstić information content (AvgIpc) is 3.20. The number of likely N-dealkylation sites (tertiary alicyclic amines) is 1. The Balaban J connectivity index is 1.61. The lowest BCUT2D eigenvalue weighted by molar-refractivity contribution is 0.146. The van der Waals surface area contributed by atoms with Crippen LogP contribution in [0.3, 0.4) is 0 Å². The highest BCUT2D eigenvalue weighted by molar-refractivity contribution is 7.94. The van der Waals surface area contributed by atoms with Gasteiger partial charge in [0.05, 0.1) is 5.75 Å². The van der Waals surface area contributed by atoms with E-state index in [2.05, 4.69) is 53.4 Å². The molecule has 2 fully saturated rings. The average molecular weight is 365 g/mol. The number of nitrogens with zero attached hydrogens (tertiary/aromatic N) is 1. The third-order valence-corrected chi connectivity index (χ3v) is 10.1. The first-order chi connectivity index (χ1) is 12.6. The summed E-state index contributed by atoms with van der Waals surface area (Å²) in [6.45, 7) is 2.12. The van der Waals surface area contributed by atoms with E-state index in [1.807, 2.05) is 0 Å². The van der Waals surface area contributed by atoms with Gasteiger partial charge in [-0.25, -0.2) is 8.42 Å². The van der Waals surface area contributed by atoms with Crippen LogP contribution in [0.15, 0.2) is 48.5 Å². The van der Waals surface area contributed by atoms with Crippen LogP contribution in [-0.4, -0.2) is 42.9 Å². The van der Waals surface area contributed by atoms with E-state index in [-0.39, 0.29) is 17.9 Å². The molecule has 2 bridgehead atoms. The highest BCUT2D eigenvalue weighted by Gasteiger charge is 2.70. The lowest BCUT2D eigenvalue weighted by Crippen LogP contribution is -2.74. The Hall–Kier alpha value is -1.65. The van der Waals surface area contributed by atoms with Crippen LogP contribution in [0.4, 0.5) is 0 Å². The van der Waals surface area contributed by atoms with Crippen molar-refractivity contribution in [2.24, 2.45) is 0 Å². The fourth-order valence-corrected chi connectivity index (χ4v) is 9.03. The topological polar surface area (TPSA) is 37.4 Å². The van der Waals surface area contributed by atoms with Gasteiger partial charge in [-0.15, -0.1) is 0 Å². The maximum absolute atomic E-state index is 13.3. The molecule has 2 atom stereocenters. The Morgan fingerprint density at radius 1 is 0.846 bits per heavy atom. The van der Waals surface area contributed by atoms with Crippen LogP contribution in [0, 0.1) is 0 Å². The van der Waals surface area contributed by atoms with Crippen molar-refractivity contribution in [3.8, 4) is 0 Å². The number of hydrogen-bond acceptors (Lipinski definition) is 3. The van der Waals surface area contributed by atoms with Crippen LogP contribution in [-0.2, 0) is 9.84 Å². The molecule has 2 aliphatic heterocycles. The van der Waals surface area contributed by atoms with Gasteiger partial charge in [0.1, 0.15) is 4.75 Å². The number of sulfone groups is 1. The molecule has 2 aromatic rings. The molecule has 0 amide bonds. The zero-order chi connectivity index (χ0) is 17.5. The summed E-state index contributed by atoms with van der Waals surface area (Å²) in [4.78, 5) is 2.48. The van der Waals surface area contributed by atoms with Crippen LogP contribution in [0.25, 0.3) is 0 Å². The van der Waals surface area contributed by atoms with Gasteiger partial charge in [-0.3, -0.25) is 4.90 Å². The SMILES string of the molecule is O=S1(=O)C[C@@H](N2CCCC2)[C@@]12CC1c3ccccc3C2c2ccccc21. The van der Waals surface area contributed by atoms with Gasteiger partial charge >= 0.3 is 0 Å². The van der Waals surface area contributed by atoms with Crippen molar-refractivity contribution in [1.29, 1.82) is 0 Å². The largest absolute Gasteiger partial charge is 0.298 e. The quantitative estimate of drug-likeness (QED) is 0.778. The predicted octanol–water partition coefficient (Wildman–Crippen LogP) is 3.30. The summed E-state index contributed by atoms with van der Waals surface area (Å²) in [5.41, 5.74) is 5.22. The second-order valence-corrected chi connectivity index (χ2v) is 10.8. The molecule has 26 heavy (non-hydrogen) atoms. The molecule has 3 nitrogen and oxygen atoms in total. The summed E-state index contributed by atoms with van der Waals surface area (Å²) in [6.07, 6.45) is 3.16. The second-order valence-electron chi connectivity index (χ2n) is 8.44. The Morgan fingerprint density at radius 3 is 1.92 bits per heavy atom. The molecule has 0 saturated carbocycles. The van der Waals surface area contributed by atoms with Crippen LogP contribution >= 0.6 is 0 Å². The third kappa shape index (κ3) is 1.66. The molecule has 7 rings (SSSR count). The van der Waals surface area contributed by atoms with E-state index >= 15 is 0 Å². The smallest absolute Gasteiger partial charge is 0.160 e. The van der Waals surface area contributed by atoms with E-state index in [4.69, 9.17) is 0 Å². The van der Waals surface area contributed by atoms with Gasteiger partial charge < -0.3 is 0 Å². The Bertz CT molecular complexity index is 961. The van der Waals surface area contributed by atoms with Crippen molar-refractivity contribution in [2.45, 2.75) is 41.9 Å². The predicted molar refractivity (Wildman–Crippen MR) is 102 cm³/mol. The highest BCUT2D eigenvalue weighted by Crippen LogP contribution is 2.64. The highest BCUT2D eigenvalue weighted by atomic mass is 32.2. The molecule has 5 aliphatic rings. The normalized spacial score (nSPS) is 36.5. The first kappa shape index (κ1) is 15.4. The zero-order valence-electron chi connectivity index (χ0n) is 14.8. The maximum Gasteiger partial charge on any atom is 0.160 e. The molecule has 2 aromatic carbocycles. The summed E-state index contributed by atoms with van der Waals surface area (Å²) < 4.78 is 26.1. The molecule has 0 unspecified atom stereocenters. The molecule has 0 N–H and O–H groups in total. The Labute approximate surface area is 154 Å². The molecule has 2 saturated heterocycles. The Kier molecular flexibility index (Phi) is 2.96. The second kappa shape index (κ2) is 4.99. The van der Waals surface area contributed by atoms with E-state index in [9.17, 15) is 8.42 Å². The molecular weight excluding hydrogens is 342 g/mol. The van der Waals surface area contributed by atoms with Gasteiger partial charge in [0.2, 0.25) is 0 Å². The lowest BCUT2D eigenvalue weighted by atomic mass is 9.56. The molecular formula is C22H23NO2S. The van der Waals surface area contributed by atoms with Crippen LogP contribution in [0.1, 0.15) is 53.4 Å². The zero-order valence-corrected chi connectivity index (χ0v) is 15.6. The van der Waals surface area contributed by atoms with Crippen molar-refractivity contribution in [1.82, 2.24) is 4.90 Å². The van der Waals surface area contributed by atoms with Crippen LogP contribution in [0.2, 0.25) is 0 Å². The fraction of sp³-hybridized carbons (Fsp3) is 0.455.